The number of ether oxygens (including phenoxy) is 1. The van der Waals surface area contributed by atoms with Gasteiger partial charge in [0.15, 0.2) is 0 Å². The maximum Gasteiger partial charge on any atom is 0.306 e. The average molecular weight is 1310 g/mol. The SMILES string of the molecule is CC/C=C\C/C=C\C/C=C\C/C=C\C/C=C\C/C=C\CCCCCCCCCCC(=O)OC(/C=C/CCCCCCCCCCCCC)C(COP(=O)([O-])OCC[N+](C)(C)C)NC(=O)CCCCCCCCCCCCC/C=C\C/C=C\C/C=C\C/C=C\C/C=C\CC. The van der Waals surface area contributed by atoms with Crippen molar-refractivity contribution in [3.8, 4) is 0 Å². The number of quaternary nitrogens is 1. The first-order valence-electron chi connectivity index (χ1n) is 38.1. The normalized spacial score (nSPS) is 14.3. The van der Waals surface area contributed by atoms with Gasteiger partial charge in [0.1, 0.15) is 19.3 Å². The van der Waals surface area contributed by atoms with Gasteiger partial charge in [0.05, 0.1) is 33.8 Å². The Balaban J connectivity index is 5.07. The van der Waals surface area contributed by atoms with Crippen LogP contribution in [0, 0.1) is 0 Å². The minimum atomic E-state index is -4.72. The topological polar surface area (TPSA) is 114 Å². The van der Waals surface area contributed by atoms with Crippen molar-refractivity contribution in [3.05, 3.63) is 146 Å². The predicted octanol–water partition coefficient (Wildman–Crippen LogP) is 24.3. The van der Waals surface area contributed by atoms with Crippen LogP contribution in [0.25, 0.3) is 0 Å². The summed E-state index contributed by atoms with van der Waals surface area (Å²) in [5.74, 6) is -0.556. The highest BCUT2D eigenvalue weighted by Crippen LogP contribution is 2.38. The first-order chi connectivity index (χ1) is 45.4. The van der Waals surface area contributed by atoms with Crippen LogP contribution in [-0.4, -0.2) is 69.4 Å². The molecule has 0 aromatic carbocycles. The first-order valence-corrected chi connectivity index (χ1v) is 39.6. The van der Waals surface area contributed by atoms with E-state index in [1.807, 2.05) is 33.3 Å². The molecule has 0 aromatic heterocycles. The standard InChI is InChI=1S/C83H143N2O7P/c1-7-10-13-16-19-22-25-28-30-32-34-36-38-40-42-44-46-48-50-52-54-57-60-63-66-69-72-75-82(86)84-80(79-91-93(88,89)90-78-77-85(4,5)6)81(74-71-68-65-62-59-56-27-24-21-18-15-12-9-3)92-83(87)76-73-70-67-64-61-58-55-53-51-49-47-45-43-41-39-37-35-33-31-29-26-23-20-17-14-11-8-2/h10-11,13-14,19-20,22-23,28-31,34-37,40-43,47,49,71,74,80-81H,7-9,12,15-18,21,24-27,32-33,38-39,44-46,48,50-70,72-73,75-79H2,1-6H3,(H-,84,86,88,89)/b13-10-,14-11-,22-19-,23-20-,30-28-,31-29-,36-34-,37-35-,42-40-,43-41-,49-47-,74-71+. The zero-order valence-electron chi connectivity index (χ0n) is 60.9. The first kappa shape index (κ1) is 88.9. The third-order valence-electron chi connectivity index (χ3n) is 16.3. The van der Waals surface area contributed by atoms with E-state index in [-0.39, 0.29) is 24.9 Å². The monoisotopic (exact) mass is 1310 g/mol. The maximum absolute atomic E-state index is 13.7. The second kappa shape index (κ2) is 70.7. The van der Waals surface area contributed by atoms with Gasteiger partial charge in [-0.15, -0.1) is 0 Å². The van der Waals surface area contributed by atoms with Crippen molar-refractivity contribution in [2.45, 2.75) is 328 Å². The minimum absolute atomic E-state index is 0.0311. The Morgan fingerprint density at radius 2 is 0.688 bits per heavy atom. The minimum Gasteiger partial charge on any atom is -0.756 e. The van der Waals surface area contributed by atoms with E-state index in [4.69, 9.17) is 13.8 Å². The van der Waals surface area contributed by atoms with E-state index in [0.29, 0.717) is 23.9 Å². The Labute approximate surface area is 574 Å². The van der Waals surface area contributed by atoms with Crippen molar-refractivity contribution in [2.75, 3.05) is 40.9 Å². The van der Waals surface area contributed by atoms with Crippen LogP contribution in [0.3, 0.4) is 0 Å². The van der Waals surface area contributed by atoms with Gasteiger partial charge in [0.2, 0.25) is 5.91 Å². The van der Waals surface area contributed by atoms with E-state index < -0.39 is 26.6 Å². The molecule has 0 aliphatic rings. The molecule has 0 heterocycles. The Morgan fingerprint density at radius 3 is 1.03 bits per heavy atom. The summed E-state index contributed by atoms with van der Waals surface area (Å²) in [6, 6.07) is -0.906. The number of nitrogens with zero attached hydrogens (tertiary/aromatic N) is 1. The fourth-order valence-corrected chi connectivity index (χ4v) is 11.2. The molecular weight excluding hydrogens is 1170 g/mol. The molecule has 0 rings (SSSR count). The Morgan fingerprint density at radius 1 is 0.387 bits per heavy atom. The Hall–Kier alpha value is -4.11. The molecule has 0 saturated carbocycles. The summed E-state index contributed by atoms with van der Waals surface area (Å²) in [6.07, 6.45) is 103. The second-order valence-electron chi connectivity index (χ2n) is 26.4. The van der Waals surface area contributed by atoms with Gasteiger partial charge in [-0.05, 0) is 128 Å². The van der Waals surface area contributed by atoms with Crippen LogP contribution in [0.2, 0.25) is 0 Å². The van der Waals surface area contributed by atoms with Gasteiger partial charge in [0, 0.05) is 12.8 Å². The molecule has 0 aliphatic heterocycles. The number of likely N-dealkylation sites (N-methyl/N-ethyl adjacent to an activating group) is 1. The highest BCUT2D eigenvalue weighted by Gasteiger charge is 2.27. The largest absolute Gasteiger partial charge is 0.756 e. The number of phosphoric acid groups is 1. The summed E-state index contributed by atoms with van der Waals surface area (Å²) >= 11 is 0. The molecule has 1 amide bonds. The van der Waals surface area contributed by atoms with Crippen molar-refractivity contribution >= 4 is 19.7 Å². The zero-order valence-corrected chi connectivity index (χ0v) is 61.8. The molecule has 93 heavy (non-hydrogen) atoms. The number of allylic oxidation sites excluding steroid dienone is 23. The number of phosphoric ester groups is 1. The summed E-state index contributed by atoms with van der Waals surface area (Å²) in [5, 5.41) is 3.05. The van der Waals surface area contributed by atoms with Crippen LogP contribution >= 0.6 is 7.82 Å². The molecule has 9 nitrogen and oxygen atoms in total. The number of carbonyl (C=O) groups is 2. The molecule has 0 bridgehead atoms. The van der Waals surface area contributed by atoms with Crippen molar-refractivity contribution < 1.29 is 37.3 Å². The third kappa shape index (κ3) is 72.0. The molecule has 10 heteroatoms. The quantitative estimate of drug-likeness (QED) is 0.0212. The molecule has 0 saturated heterocycles. The number of hydrogen-bond donors (Lipinski definition) is 1. The van der Waals surface area contributed by atoms with Gasteiger partial charge in [-0.1, -0.05) is 321 Å². The maximum atomic E-state index is 13.7. The fourth-order valence-electron chi connectivity index (χ4n) is 10.5. The van der Waals surface area contributed by atoms with Crippen molar-refractivity contribution in [3.63, 3.8) is 0 Å². The van der Waals surface area contributed by atoms with Crippen LogP contribution in [0.1, 0.15) is 316 Å². The second-order valence-corrected chi connectivity index (χ2v) is 27.8. The molecular formula is C83H143N2O7P. The lowest BCUT2D eigenvalue weighted by Gasteiger charge is -2.30. The number of hydrogen-bond acceptors (Lipinski definition) is 7. The van der Waals surface area contributed by atoms with Gasteiger partial charge >= 0.3 is 5.97 Å². The van der Waals surface area contributed by atoms with E-state index in [9.17, 15) is 19.0 Å². The van der Waals surface area contributed by atoms with Crippen LogP contribution in [-0.2, 0) is 27.9 Å². The Bertz CT molecular complexity index is 2100. The van der Waals surface area contributed by atoms with E-state index in [1.54, 1.807) is 0 Å². The summed E-state index contributed by atoms with van der Waals surface area (Å²) < 4.78 is 30.5. The van der Waals surface area contributed by atoms with Gasteiger partial charge in [-0.3, -0.25) is 14.2 Å². The van der Waals surface area contributed by atoms with Crippen LogP contribution < -0.4 is 10.2 Å². The number of unbranched alkanes of at least 4 members (excludes halogenated alkanes) is 30. The van der Waals surface area contributed by atoms with E-state index in [1.165, 1.54) is 128 Å². The lowest BCUT2D eigenvalue weighted by atomic mass is 10.0. The van der Waals surface area contributed by atoms with Crippen molar-refractivity contribution in [1.29, 1.82) is 0 Å². The third-order valence-corrected chi connectivity index (χ3v) is 17.2. The van der Waals surface area contributed by atoms with Crippen LogP contribution in [0.15, 0.2) is 146 Å². The summed E-state index contributed by atoms with van der Waals surface area (Å²) in [5.41, 5.74) is 0. The molecule has 0 spiro atoms. The van der Waals surface area contributed by atoms with Crippen LogP contribution in [0.4, 0.5) is 0 Å². The summed E-state index contributed by atoms with van der Waals surface area (Å²) in [7, 11) is 1.16. The lowest BCUT2D eigenvalue weighted by molar-refractivity contribution is -0.870. The number of carbonyl (C=O) groups excluding carboxylic acids is 2. The van der Waals surface area contributed by atoms with Gasteiger partial charge in [0.25, 0.3) is 7.82 Å². The van der Waals surface area contributed by atoms with Crippen molar-refractivity contribution in [2.24, 2.45) is 0 Å². The predicted molar refractivity (Wildman–Crippen MR) is 403 cm³/mol. The van der Waals surface area contributed by atoms with E-state index >= 15 is 0 Å². The smallest absolute Gasteiger partial charge is 0.306 e. The number of nitrogens with one attached hydrogen (secondary N) is 1. The van der Waals surface area contributed by atoms with E-state index in [2.05, 4.69) is 160 Å². The summed E-state index contributed by atoms with van der Waals surface area (Å²) in [4.78, 5) is 40.3. The van der Waals surface area contributed by atoms with Gasteiger partial charge in [-0.2, -0.15) is 0 Å². The number of amides is 1. The molecule has 0 radical (unpaired) electrons. The zero-order chi connectivity index (χ0) is 67.8. The van der Waals surface area contributed by atoms with E-state index in [0.717, 1.165) is 148 Å². The molecule has 3 atom stereocenters. The molecule has 3 unspecified atom stereocenters. The average Bonchev–Trinajstić information content (AvgIpc) is 2.15. The highest BCUT2D eigenvalue weighted by atomic mass is 31.2. The molecule has 0 aliphatic carbocycles. The number of rotatable bonds is 68. The summed E-state index contributed by atoms with van der Waals surface area (Å²) in [6.45, 7) is 6.62. The molecule has 532 valence electrons. The molecule has 0 aromatic rings. The van der Waals surface area contributed by atoms with Gasteiger partial charge < -0.3 is 28.5 Å². The van der Waals surface area contributed by atoms with Crippen molar-refractivity contribution in [1.82, 2.24) is 5.32 Å². The lowest BCUT2D eigenvalue weighted by Crippen LogP contribution is -2.47. The van der Waals surface area contributed by atoms with Crippen LogP contribution in [0.5, 0.6) is 0 Å². The molecule has 0 fully saturated rings. The number of esters is 1. The molecule has 1 N–H and O–H groups in total. The highest BCUT2D eigenvalue weighted by molar-refractivity contribution is 7.45. The van der Waals surface area contributed by atoms with Gasteiger partial charge in [-0.25, -0.2) is 0 Å². The Kier molecular flexibility index (Phi) is 67.6. The fraction of sp³-hybridized carbons (Fsp3) is 0.687.